The Bertz CT molecular complexity index is 363. The molecule has 16 heavy (non-hydrogen) atoms. The van der Waals surface area contributed by atoms with E-state index in [2.05, 4.69) is 36.0 Å². The van der Waals surface area contributed by atoms with Crippen LogP contribution in [0.1, 0.15) is 16.7 Å². The maximum Gasteiger partial charge on any atom is 0.0681 e. The molecule has 1 aliphatic heterocycles. The maximum absolute atomic E-state index is 9.09. The Morgan fingerprint density at radius 1 is 1.25 bits per heavy atom. The Morgan fingerprint density at radius 2 is 2.00 bits per heavy atom. The number of benzene rings is 1. The number of hydrogen-bond donors (Lipinski definition) is 1. The summed E-state index contributed by atoms with van der Waals surface area (Å²) in [5.74, 6) is 0. The van der Waals surface area contributed by atoms with Gasteiger partial charge in [-0.15, -0.1) is 0 Å². The summed E-state index contributed by atoms with van der Waals surface area (Å²) in [7, 11) is 4.21. The van der Waals surface area contributed by atoms with Crippen molar-refractivity contribution in [2.45, 2.75) is 19.7 Å². The lowest BCUT2D eigenvalue weighted by Crippen LogP contribution is -2.27. The average Bonchev–Trinajstić information content (AvgIpc) is 2.67. The first-order valence-electron chi connectivity index (χ1n) is 5.77. The van der Waals surface area contributed by atoms with Gasteiger partial charge in [0.2, 0.25) is 0 Å². The zero-order chi connectivity index (χ0) is 11.5. The van der Waals surface area contributed by atoms with E-state index in [0.717, 1.165) is 31.7 Å². The van der Waals surface area contributed by atoms with E-state index in [1.807, 2.05) is 6.07 Å². The third-order valence-corrected chi connectivity index (χ3v) is 3.10. The van der Waals surface area contributed by atoms with E-state index in [-0.39, 0.29) is 6.61 Å². The van der Waals surface area contributed by atoms with E-state index in [1.165, 1.54) is 11.1 Å². The minimum Gasteiger partial charge on any atom is -0.392 e. The molecule has 0 spiro atoms. The zero-order valence-electron chi connectivity index (χ0n) is 10.1. The molecule has 0 bridgehead atoms. The monoisotopic (exact) mass is 220 g/mol. The van der Waals surface area contributed by atoms with Crippen molar-refractivity contribution >= 4 is 0 Å². The number of fused-ring (bicyclic) bond motifs is 1. The van der Waals surface area contributed by atoms with E-state index in [4.69, 9.17) is 5.11 Å². The van der Waals surface area contributed by atoms with Crippen LogP contribution < -0.4 is 0 Å². The summed E-state index contributed by atoms with van der Waals surface area (Å²) in [4.78, 5) is 4.66. The summed E-state index contributed by atoms with van der Waals surface area (Å²) < 4.78 is 0. The van der Waals surface area contributed by atoms with Crippen molar-refractivity contribution in [2.24, 2.45) is 0 Å². The molecule has 0 aromatic heterocycles. The second kappa shape index (κ2) is 4.95. The lowest BCUT2D eigenvalue weighted by atomic mass is 10.1. The second-order valence-electron chi connectivity index (χ2n) is 4.78. The predicted octanol–water partition coefficient (Wildman–Crippen LogP) is 1.06. The fourth-order valence-electron chi connectivity index (χ4n) is 2.12. The van der Waals surface area contributed by atoms with Gasteiger partial charge in [-0.1, -0.05) is 18.2 Å². The zero-order valence-corrected chi connectivity index (χ0v) is 10.1. The summed E-state index contributed by atoms with van der Waals surface area (Å²) in [5.41, 5.74) is 3.81. The van der Waals surface area contributed by atoms with Gasteiger partial charge >= 0.3 is 0 Å². The van der Waals surface area contributed by atoms with Crippen molar-refractivity contribution in [1.29, 1.82) is 0 Å². The molecule has 1 aliphatic rings. The Balaban J connectivity index is 1.98. The number of hydrogen-bond acceptors (Lipinski definition) is 3. The minimum absolute atomic E-state index is 0.144. The topological polar surface area (TPSA) is 26.7 Å². The summed E-state index contributed by atoms with van der Waals surface area (Å²) >= 11 is 0. The lowest BCUT2D eigenvalue weighted by Gasteiger charge is -2.17. The molecule has 88 valence electrons. The van der Waals surface area contributed by atoms with E-state index in [0.29, 0.717) is 0 Å². The number of likely N-dealkylation sites (N-methyl/N-ethyl adjacent to an activating group) is 1. The van der Waals surface area contributed by atoms with Crippen LogP contribution in [0.15, 0.2) is 18.2 Å². The smallest absolute Gasteiger partial charge is 0.0681 e. The molecule has 1 heterocycles. The summed E-state index contributed by atoms with van der Waals surface area (Å²) in [5, 5.41) is 9.09. The molecule has 0 radical (unpaired) electrons. The van der Waals surface area contributed by atoms with Crippen LogP contribution in [0.4, 0.5) is 0 Å². The van der Waals surface area contributed by atoms with Gasteiger partial charge in [0, 0.05) is 26.2 Å². The number of rotatable bonds is 4. The van der Waals surface area contributed by atoms with Crippen molar-refractivity contribution in [2.75, 3.05) is 27.2 Å². The molecule has 1 aromatic rings. The SMILES string of the molecule is CN(C)CCN1Cc2ccc(CO)cc2C1. The summed E-state index contributed by atoms with van der Waals surface area (Å²) in [6.07, 6.45) is 0. The molecule has 2 rings (SSSR count). The summed E-state index contributed by atoms with van der Waals surface area (Å²) in [6.45, 7) is 4.42. The maximum atomic E-state index is 9.09. The normalized spacial score (nSPS) is 15.8. The fourth-order valence-corrected chi connectivity index (χ4v) is 2.12. The van der Waals surface area contributed by atoms with Crippen LogP contribution in [0.5, 0.6) is 0 Å². The van der Waals surface area contributed by atoms with Crippen molar-refractivity contribution < 1.29 is 5.11 Å². The molecule has 0 saturated heterocycles. The van der Waals surface area contributed by atoms with E-state index < -0.39 is 0 Å². The highest BCUT2D eigenvalue weighted by molar-refractivity contribution is 5.34. The van der Waals surface area contributed by atoms with E-state index in [9.17, 15) is 0 Å². The minimum atomic E-state index is 0.144. The van der Waals surface area contributed by atoms with Gasteiger partial charge < -0.3 is 10.0 Å². The van der Waals surface area contributed by atoms with Crippen LogP contribution in [-0.2, 0) is 19.7 Å². The fraction of sp³-hybridized carbons (Fsp3) is 0.538. The number of aliphatic hydroxyl groups excluding tert-OH is 1. The van der Waals surface area contributed by atoms with Gasteiger partial charge in [-0.3, -0.25) is 4.90 Å². The molecule has 0 amide bonds. The Kier molecular flexibility index (Phi) is 3.59. The van der Waals surface area contributed by atoms with Gasteiger partial charge in [-0.05, 0) is 30.8 Å². The average molecular weight is 220 g/mol. The molecular formula is C13H20N2O. The first-order valence-corrected chi connectivity index (χ1v) is 5.77. The molecule has 1 N–H and O–H groups in total. The molecule has 0 fully saturated rings. The first-order chi connectivity index (χ1) is 7.69. The molecular weight excluding hydrogens is 200 g/mol. The van der Waals surface area contributed by atoms with Crippen molar-refractivity contribution in [3.63, 3.8) is 0 Å². The lowest BCUT2D eigenvalue weighted by molar-refractivity contribution is 0.246. The third kappa shape index (κ3) is 2.61. The molecule has 0 unspecified atom stereocenters. The molecule has 1 aromatic carbocycles. The van der Waals surface area contributed by atoms with Gasteiger partial charge in [0.25, 0.3) is 0 Å². The molecule has 0 saturated carbocycles. The largest absolute Gasteiger partial charge is 0.392 e. The molecule has 0 aliphatic carbocycles. The second-order valence-corrected chi connectivity index (χ2v) is 4.78. The van der Waals surface area contributed by atoms with Crippen LogP contribution in [-0.4, -0.2) is 42.1 Å². The van der Waals surface area contributed by atoms with Crippen LogP contribution in [0, 0.1) is 0 Å². The third-order valence-electron chi connectivity index (χ3n) is 3.10. The van der Waals surface area contributed by atoms with Crippen molar-refractivity contribution in [3.8, 4) is 0 Å². The van der Waals surface area contributed by atoms with Crippen LogP contribution in [0.25, 0.3) is 0 Å². The quantitative estimate of drug-likeness (QED) is 0.822. The van der Waals surface area contributed by atoms with Gasteiger partial charge in [-0.2, -0.15) is 0 Å². The van der Waals surface area contributed by atoms with E-state index >= 15 is 0 Å². The highest BCUT2D eigenvalue weighted by Crippen LogP contribution is 2.23. The Morgan fingerprint density at radius 3 is 2.69 bits per heavy atom. The van der Waals surface area contributed by atoms with Crippen LogP contribution in [0.2, 0.25) is 0 Å². The van der Waals surface area contributed by atoms with E-state index in [1.54, 1.807) is 0 Å². The van der Waals surface area contributed by atoms with Crippen molar-refractivity contribution in [3.05, 3.63) is 34.9 Å². The first kappa shape index (κ1) is 11.6. The standard InChI is InChI=1S/C13H20N2O/c1-14(2)5-6-15-8-12-4-3-11(10-16)7-13(12)9-15/h3-4,7,16H,5-6,8-10H2,1-2H3. The summed E-state index contributed by atoms with van der Waals surface area (Å²) in [6, 6.07) is 6.30. The Hall–Kier alpha value is -0.900. The Labute approximate surface area is 97.3 Å². The highest BCUT2D eigenvalue weighted by atomic mass is 16.3. The van der Waals surface area contributed by atoms with Gasteiger partial charge in [0.15, 0.2) is 0 Å². The number of aliphatic hydroxyl groups is 1. The molecule has 3 heteroatoms. The van der Waals surface area contributed by atoms with Gasteiger partial charge in [-0.25, -0.2) is 0 Å². The number of nitrogens with zero attached hydrogens (tertiary/aromatic N) is 2. The molecule has 0 atom stereocenters. The van der Waals surface area contributed by atoms with Gasteiger partial charge in [0.1, 0.15) is 0 Å². The van der Waals surface area contributed by atoms with Crippen LogP contribution in [0.3, 0.4) is 0 Å². The highest BCUT2D eigenvalue weighted by Gasteiger charge is 2.18. The van der Waals surface area contributed by atoms with Crippen molar-refractivity contribution in [1.82, 2.24) is 9.80 Å². The molecule has 3 nitrogen and oxygen atoms in total. The predicted molar refractivity (Wildman–Crippen MR) is 65.0 cm³/mol. The van der Waals surface area contributed by atoms with Gasteiger partial charge in [0.05, 0.1) is 6.61 Å². The van der Waals surface area contributed by atoms with Crippen LogP contribution >= 0.6 is 0 Å².